The number of hydrogen-bond acceptors (Lipinski definition) is 6. The molecule has 1 aromatic carbocycles. The highest BCUT2D eigenvalue weighted by molar-refractivity contribution is 9.10. The van der Waals surface area contributed by atoms with Gasteiger partial charge >= 0.3 is 11.4 Å². The van der Waals surface area contributed by atoms with Gasteiger partial charge in [-0.15, -0.1) is 0 Å². The van der Waals surface area contributed by atoms with Crippen molar-refractivity contribution in [1.82, 2.24) is 18.7 Å². The van der Waals surface area contributed by atoms with E-state index < -0.39 is 27.6 Å². The topological polar surface area (TPSA) is 125 Å². The van der Waals surface area contributed by atoms with Gasteiger partial charge in [0.05, 0.1) is 11.5 Å². The van der Waals surface area contributed by atoms with Crippen molar-refractivity contribution < 1.29 is 10.0 Å². The van der Waals surface area contributed by atoms with E-state index in [2.05, 4.69) is 20.9 Å². The number of aryl methyl sites for hydroxylation is 1. The molecule has 11 heteroatoms. The lowest BCUT2D eigenvalue weighted by molar-refractivity contribution is -0.385. The molecular formula is C14H12BrN5O5. The molecule has 10 nitrogen and oxygen atoms in total. The number of aromatic hydroxyl groups is 1. The van der Waals surface area contributed by atoms with Gasteiger partial charge in [0, 0.05) is 20.2 Å². The van der Waals surface area contributed by atoms with E-state index in [0.29, 0.717) is 10.3 Å². The smallest absolute Gasteiger partial charge is 0.332 e. The fourth-order valence-corrected chi connectivity index (χ4v) is 3.03. The molecule has 0 aliphatic heterocycles. The molecule has 0 spiro atoms. The largest absolute Gasteiger partial charge is 0.502 e. The first-order chi connectivity index (χ1) is 11.7. The van der Waals surface area contributed by atoms with Crippen LogP contribution in [0.3, 0.4) is 0 Å². The van der Waals surface area contributed by atoms with Gasteiger partial charge in [-0.2, -0.15) is 0 Å². The number of nitro benzene ring substituents is 1. The summed E-state index contributed by atoms with van der Waals surface area (Å²) in [6, 6.07) is 3.95. The fraction of sp³-hybridized carbons (Fsp3) is 0.214. The number of nitrogens with zero attached hydrogens (tertiary/aromatic N) is 5. The Bertz CT molecular complexity index is 1140. The highest BCUT2D eigenvalue weighted by Gasteiger charge is 2.19. The van der Waals surface area contributed by atoms with Crippen molar-refractivity contribution in [2.75, 3.05) is 0 Å². The molecule has 0 amide bonds. The van der Waals surface area contributed by atoms with Crippen LogP contribution in [0.4, 0.5) is 5.69 Å². The molecule has 3 rings (SSSR count). The van der Waals surface area contributed by atoms with Crippen LogP contribution in [0, 0.1) is 10.1 Å². The normalized spacial score (nSPS) is 11.2. The van der Waals surface area contributed by atoms with Gasteiger partial charge in [-0.1, -0.05) is 6.07 Å². The van der Waals surface area contributed by atoms with Crippen LogP contribution in [0.2, 0.25) is 0 Å². The van der Waals surface area contributed by atoms with E-state index in [-0.39, 0.29) is 17.7 Å². The van der Waals surface area contributed by atoms with E-state index in [0.717, 1.165) is 4.57 Å². The van der Waals surface area contributed by atoms with Crippen LogP contribution in [0.15, 0.2) is 32.5 Å². The average Bonchev–Trinajstić information content (AvgIpc) is 2.89. The maximum Gasteiger partial charge on any atom is 0.332 e. The summed E-state index contributed by atoms with van der Waals surface area (Å²) in [5.74, 6) is -0.443. The maximum absolute atomic E-state index is 12.5. The molecule has 2 heterocycles. The second kappa shape index (κ2) is 5.84. The van der Waals surface area contributed by atoms with Gasteiger partial charge in [-0.25, -0.2) is 9.78 Å². The van der Waals surface area contributed by atoms with Crippen LogP contribution in [0.5, 0.6) is 5.75 Å². The zero-order valence-corrected chi connectivity index (χ0v) is 14.7. The monoisotopic (exact) mass is 409 g/mol. The van der Waals surface area contributed by atoms with Gasteiger partial charge in [0.15, 0.2) is 21.6 Å². The second-order valence-electron chi connectivity index (χ2n) is 5.43. The molecule has 25 heavy (non-hydrogen) atoms. The molecule has 3 aromatic rings. The zero-order chi connectivity index (χ0) is 18.5. The number of phenolic OH excluding ortho intramolecular Hbond substituents is 1. The number of aromatic nitrogens is 4. The first-order valence-corrected chi connectivity index (χ1v) is 7.79. The molecule has 0 saturated carbocycles. The lowest BCUT2D eigenvalue weighted by Crippen LogP contribution is -2.37. The number of nitro groups is 1. The maximum atomic E-state index is 12.5. The molecule has 1 N–H and O–H groups in total. The van der Waals surface area contributed by atoms with E-state index >= 15 is 0 Å². The van der Waals surface area contributed by atoms with Gasteiger partial charge in [0.1, 0.15) is 0 Å². The number of halogens is 1. The van der Waals surface area contributed by atoms with E-state index in [1.807, 2.05) is 0 Å². The third kappa shape index (κ3) is 2.61. The summed E-state index contributed by atoms with van der Waals surface area (Å²) in [4.78, 5) is 38.9. The molecule has 2 aromatic heterocycles. The summed E-state index contributed by atoms with van der Waals surface area (Å²) in [5.41, 5.74) is -0.585. The predicted octanol–water partition coefficient (Wildman–Crippen LogP) is 0.858. The van der Waals surface area contributed by atoms with Gasteiger partial charge in [-0.3, -0.25) is 24.0 Å². The quantitative estimate of drug-likeness (QED) is 0.388. The van der Waals surface area contributed by atoms with Crippen molar-refractivity contribution >= 4 is 32.8 Å². The Morgan fingerprint density at radius 3 is 2.60 bits per heavy atom. The Morgan fingerprint density at radius 2 is 1.96 bits per heavy atom. The number of hydrogen-bond donors (Lipinski definition) is 1. The molecule has 0 fully saturated rings. The molecule has 130 valence electrons. The molecule has 0 unspecified atom stereocenters. The number of imidazole rings is 1. The van der Waals surface area contributed by atoms with Gasteiger partial charge in [-0.05, 0) is 27.6 Å². The summed E-state index contributed by atoms with van der Waals surface area (Å²) >= 11 is 3.25. The zero-order valence-electron chi connectivity index (χ0n) is 13.1. The Hall–Kier alpha value is -2.95. The number of fused-ring (bicyclic) bond motifs is 1. The Labute approximate surface area is 147 Å². The Balaban J connectivity index is 2.23. The van der Waals surface area contributed by atoms with Crippen LogP contribution in [0.25, 0.3) is 11.2 Å². The first kappa shape index (κ1) is 16.9. The van der Waals surface area contributed by atoms with E-state index in [9.17, 15) is 24.8 Å². The van der Waals surface area contributed by atoms with Crippen LogP contribution >= 0.6 is 15.9 Å². The second-order valence-corrected chi connectivity index (χ2v) is 6.13. The standard InChI is InChI=1S/C14H12BrN5O5/c1-17-11-10(12(22)18(2)14(17)23)19(13(15)16-11)6-7-3-4-9(21)8(5-7)20(24)25/h3-5,21H,6H2,1-2H3. The third-order valence-electron chi connectivity index (χ3n) is 3.88. The van der Waals surface area contributed by atoms with Gasteiger partial charge in [0.2, 0.25) is 0 Å². The average molecular weight is 410 g/mol. The van der Waals surface area contributed by atoms with Crippen molar-refractivity contribution in [2.45, 2.75) is 6.54 Å². The molecular weight excluding hydrogens is 398 g/mol. The Morgan fingerprint density at radius 1 is 1.28 bits per heavy atom. The fourth-order valence-electron chi connectivity index (χ4n) is 2.56. The number of phenols is 1. The predicted molar refractivity (Wildman–Crippen MR) is 91.8 cm³/mol. The van der Waals surface area contributed by atoms with Crippen LogP contribution < -0.4 is 11.2 Å². The van der Waals surface area contributed by atoms with Crippen LogP contribution in [0.1, 0.15) is 5.56 Å². The summed E-state index contributed by atoms with van der Waals surface area (Å²) in [7, 11) is 2.86. The summed E-state index contributed by atoms with van der Waals surface area (Å²) in [6.45, 7) is 0.0889. The summed E-state index contributed by atoms with van der Waals surface area (Å²) in [6.07, 6.45) is 0. The van der Waals surface area contributed by atoms with Crippen molar-refractivity contribution in [3.63, 3.8) is 0 Å². The molecule has 0 aliphatic rings. The number of benzene rings is 1. The first-order valence-electron chi connectivity index (χ1n) is 7.00. The molecule has 0 saturated heterocycles. The lowest BCUT2D eigenvalue weighted by atomic mass is 10.2. The lowest BCUT2D eigenvalue weighted by Gasteiger charge is -2.08. The Kier molecular flexibility index (Phi) is 3.95. The minimum absolute atomic E-state index is 0.0889. The van der Waals surface area contributed by atoms with Crippen molar-refractivity contribution in [3.8, 4) is 5.75 Å². The highest BCUT2D eigenvalue weighted by Crippen LogP contribution is 2.27. The van der Waals surface area contributed by atoms with E-state index in [4.69, 9.17) is 0 Å². The van der Waals surface area contributed by atoms with Crippen molar-refractivity contribution in [1.29, 1.82) is 0 Å². The SMILES string of the molecule is Cn1c(=O)c2c(nc(Br)n2Cc2ccc(O)c([N+](=O)[O-])c2)n(C)c1=O. The van der Waals surface area contributed by atoms with Gasteiger partial charge in [0.25, 0.3) is 5.56 Å². The molecule has 0 aliphatic carbocycles. The molecule has 0 atom stereocenters. The van der Waals surface area contributed by atoms with Crippen molar-refractivity contribution in [2.24, 2.45) is 14.1 Å². The van der Waals surface area contributed by atoms with Crippen LogP contribution in [-0.4, -0.2) is 28.7 Å². The van der Waals surface area contributed by atoms with Gasteiger partial charge < -0.3 is 9.67 Å². The molecule has 0 bridgehead atoms. The minimum atomic E-state index is -0.692. The summed E-state index contributed by atoms with van der Waals surface area (Å²) < 4.78 is 4.02. The highest BCUT2D eigenvalue weighted by atomic mass is 79.9. The van der Waals surface area contributed by atoms with Crippen LogP contribution in [-0.2, 0) is 20.6 Å². The third-order valence-corrected chi connectivity index (χ3v) is 4.48. The minimum Gasteiger partial charge on any atom is -0.502 e. The van der Waals surface area contributed by atoms with E-state index in [1.54, 1.807) is 0 Å². The number of rotatable bonds is 3. The van der Waals surface area contributed by atoms with Crippen molar-refractivity contribution in [3.05, 3.63) is 59.4 Å². The molecule has 0 radical (unpaired) electrons. The van der Waals surface area contributed by atoms with E-state index in [1.165, 1.54) is 41.4 Å². The summed E-state index contributed by atoms with van der Waals surface area (Å²) in [5, 5.41) is 20.5.